The van der Waals surface area contributed by atoms with E-state index in [4.69, 9.17) is 4.42 Å². The van der Waals surface area contributed by atoms with Crippen LogP contribution in [0.15, 0.2) is 10.6 Å². The molecule has 1 amide bonds. The lowest BCUT2D eigenvalue weighted by molar-refractivity contribution is -0.130. The van der Waals surface area contributed by atoms with Crippen LogP contribution >= 0.6 is 0 Å². The van der Waals surface area contributed by atoms with E-state index in [0.29, 0.717) is 12.0 Å². The number of aromatic nitrogens is 1. The first-order valence-electron chi connectivity index (χ1n) is 8.16. The number of carbonyl (C=O) groups is 1. The van der Waals surface area contributed by atoms with Gasteiger partial charge in [0.2, 0.25) is 11.8 Å². The van der Waals surface area contributed by atoms with Gasteiger partial charge in [0.1, 0.15) is 5.76 Å². The fourth-order valence-corrected chi connectivity index (χ4v) is 3.69. The first-order valence-corrected chi connectivity index (χ1v) is 8.16. The van der Waals surface area contributed by atoms with Crippen LogP contribution < -0.4 is 0 Å². The Morgan fingerprint density at radius 2 is 2.05 bits per heavy atom. The minimum Gasteiger partial charge on any atom is -0.445 e. The zero-order valence-corrected chi connectivity index (χ0v) is 13.8. The van der Waals surface area contributed by atoms with Gasteiger partial charge in [0.25, 0.3) is 0 Å². The molecule has 6 heteroatoms. The summed E-state index contributed by atoms with van der Waals surface area (Å²) in [7, 11) is 0. The van der Waals surface area contributed by atoms with E-state index >= 15 is 0 Å². The van der Waals surface area contributed by atoms with Crippen LogP contribution in [0.25, 0.3) is 0 Å². The molecule has 2 aliphatic heterocycles. The highest BCUT2D eigenvalue weighted by Crippen LogP contribution is 2.24. The van der Waals surface area contributed by atoms with Crippen LogP contribution in [0.1, 0.15) is 25.5 Å². The molecular weight excluding hydrogens is 280 g/mol. The van der Waals surface area contributed by atoms with Crippen LogP contribution in [-0.4, -0.2) is 70.9 Å². The molecule has 1 aromatic rings. The van der Waals surface area contributed by atoms with Crippen molar-refractivity contribution >= 4 is 5.91 Å². The van der Waals surface area contributed by atoms with Crippen molar-refractivity contribution in [2.45, 2.75) is 33.4 Å². The van der Waals surface area contributed by atoms with Gasteiger partial charge >= 0.3 is 0 Å². The Balaban J connectivity index is 1.54. The van der Waals surface area contributed by atoms with Gasteiger partial charge in [0.05, 0.1) is 12.7 Å². The maximum Gasteiger partial charge on any atom is 0.219 e. The third kappa shape index (κ3) is 3.33. The van der Waals surface area contributed by atoms with Crippen molar-refractivity contribution in [2.24, 2.45) is 5.92 Å². The normalized spacial score (nSPS) is 27.5. The van der Waals surface area contributed by atoms with Gasteiger partial charge in [-0.2, -0.15) is 0 Å². The van der Waals surface area contributed by atoms with Gasteiger partial charge in [-0.25, -0.2) is 4.98 Å². The van der Waals surface area contributed by atoms with Crippen LogP contribution in [0.2, 0.25) is 0 Å². The minimum absolute atomic E-state index is 0.194. The molecule has 122 valence electrons. The lowest BCUT2D eigenvalue weighted by atomic mass is 10.0. The maximum absolute atomic E-state index is 11.4. The molecule has 2 aliphatic rings. The summed E-state index contributed by atoms with van der Waals surface area (Å²) in [6.45, 7) is 12.5. The van der Waals surface area contributed by atoms with E-state index in [9.17, 15) is 4.79 Å². The Kier molecular flexibility index (Phi) is 4.49. The van der Waals surface area contributed by atoms with Crippen molar-refractivity contribution in [1.82, 2.24) is 19.7 Å². The molecule has 2 saturated heterocycles. The van der Waals surface area contributed by atoms with E-state index in [-0.39, 0.29) is 5.91 Å². The van der Waals surface area contributed by atoms with Crippen LogP contribution in [0, 0.1) is 12.8 Å². The molecule has 0 spiro atoms. The number of aryl methyl sites for hydroxylation is 1. The summed E-state index contributed by atoms with van der Waals surface area (Å²) in [6.07, 6.45) is 1.79. The van der Waals surface area contributed by atoms with Gasteiger partial charge in [0.15, 0.2) is 0 Å². The van der Waals surface area contributed by atoms with Gasteiger partial charge < -0.3 is 9.32 Å². The number of amides is 1. The molecule has 2 fully saturated rings. The molecule has 3 heterocycles. The Labute approximate surface area is 132 Å². The van der Waals surface area contributed by atoms with Crippen molar-refractivity contribution in [3.8, 4) is 0 Å². The Morgan fingerprint density at radius 3 is 2.64 bits per heavy atom. The van der Waals surface area contributed by atoms with Gasteiger partial charge in [-0.3, -0.25) is 14.6 Å². The number of carbonyl (C=O) groups excluding carboxylic acids is 1. The predicted molar refractivity (Wildman–Crippen MR) is 83.3 cm³/mol. The van der Waals surface area contributed by atoms with Crippen molar-refractivity contribution in [3.05, 3.63) is 17.8 Å². The third-order valence-corrected chi connectivity index (χ3v) is 4.90. The van der Waals surface area contributed by atoms with E-state index in [1.165, 1.54) is 0 Å². The quantitative estimate of drug-likeness (QED) is 0.833. The lowest BCUT2D eigenvalue weighted by Crippen LogP contribution is -2.53. The molecule has 0 N–H and O–H groups in total. The maximum atomic E-state index is 11.4. The average molecular weight is 306 g/mol. The largest absolute Gasteiger partial charge is 0.445 e. The summed E-state index contributed by atoms with van der Waals surface area (Å²) >= 11 is 0. The average Bonchev–Trinajstić information content (AvgIpc) is 3.05. The number of oxazole rings is 1. The number of hydrogen-bond acceptors (Lipinski definition) is 5. The van der Waals surface area contributed by atoms with E-state index in [1.807, 2.05) is 11.8 Å². The topological polar surface area (TPSA) is 52.8 Å². The van der Waals surface area contributed by atoms with E-state index in [1.54, 1.807) is 13.1 Å². The van der Waals surface area contributed by atoms with Crippen LogP contribution in [0.5, 0.6) is 0 Å². The molecule has 2 atom stereocenters. The van der Waals surface area contributed by atoms with E-state index in [2.05, 4.69) is 21.7 Å². The van der Waals surface area contributed by atoms with Crippen LogP contribution in [0.3, 0.4) is 0 Å². The number of nitrogens with zero attached hydrogens (tertiary/aromatic N) is 4. The van der Waals surface area contributed by atoms with Gasteiger partial charge in [-0.15, -0.1) is 0 Å². The molecule has 1 aromatic heterocycles. The second-order valence-electron chi connectivity index (χ2n) is 6.65. The predicted octanol–water partition coefficient (Wildman–Crippen LogP) is 0.967. The van der Waals surface area contributed by atoms with E-state index in [0.717, 1.165) is 57.5 Å². The number of hydrogen-bond donors (Lipinski definition) is 0. The van der Waals surface area contributed by atoms with Crippen molar-refractivity contribution in [1.29, 1.82) is 0 Å². The molecule has 0 saturated carbocycles. The fraction of sp³-hybridized carbons (Fsp3) is 0.750. The SMILES string of the molecule is CC(=O)N1CCN(C2CN(Cc3ncc(C)o3)CC2C)CC1. The number of likely N-dealkylation sites (tertiary alicyclic amines) is 1. The third-order valence-electron chi connectivity index (χ3n) is 4.90. The number of rotatable bonds is 3. The first-order chi connectivity index (χ1) is 10.5. The Hall–Kier alpha value is -1.40. The van der Waals surface area contributed by atoms with Crippen molar-refractivity contribution in [3.63, 3.8) is 0 Å². The van der Waals surface area contributed by atoms with Crippen molar-refractivity contribution < 1.29 is 9.21 Å². The van der Waals surface area contributed by atoms with Crippen molar-refractivity contribution in [2.75, 3.05) is 39.3 Å². The smallest absolute Gasteiger partial charge is 0.219 e. The molecule has 0 radical (unpaired) electrons. The molecule has 0 aromatic carbocycles. The van der Waals surface area contributed by atoms with Crippen LogP contribution in [0.4, 0.5) is 0 Å². The molecule has 6 nitrogen and oxygen atoms in total. The highest BCUT2D eigenvalue weighted by molar-refractivity contribution is 5.73. The zero-order valence-electron chi connectivity index (χ0n) is 13.8. The highest BCUT2D eigenvalue weighted by atomic mass is 16.4. The molecule has 2 unspecified atom stereocenters. The zero-order chi connectivity index (χ0) is 15.7. The van der Waals surface area contributed by atoms with Gasteiger partial charge in [0, 0.05) is 52.2 Å². The second-order valence-corrected chi connectivity index (χ2v) is 6.65. The molecule has 0 bridgehead atoms. The summed E-state index contributed by atoms with van der Waals surface area (Å²) < 4.78 is 5.59. The highest BCUT2D eigenvalue weighted by Gasteiger charge is 2.35. The molecular formula is C16H26N4O2. The molecule has 3 rings (SSSR count). The Bertz CT molecular complexity index is 522. The van der Waals surface area contributed by atoms with Gasteiger partial charge in [-0.1, -0.05) is 6.92 Å². The van der Waals surface area contributed by atoms with E-state index < -0.39 is 0 Å². The standard InChI is InChI=1S/C16H26N4O2/c1-12-9-18(11-16-17-8-13(2)22-16)10-15(12)20-6-4-19(5-7-20)14(3)21/h8,12,15H,4-7,9-11H2,1-3H3. The fourth-order valence-electron chi connectivity index (χ4n) is 3.69. The lowest BCUT2D eigenvalue weighted by Gasteiger charge is -2.39. The Morgan fingerprint density at radius 1 is 1.32 bits per heavy atom. The summed E-state index contributed by atoms with van der Waals surface area (Å²) in [5.41, 5.74) is 0. The molecule has 22 heavy (non-hydrogen) atoms. The van der Waals surface area contributed by atoms with Crippen LogP contribution in [-0.2, 0) is 11.3 Å². The summed E-state index contributed by atoms with van der Waals surface area (Å²) in [5.74, 6) is 2.52. The van der Waals surface area contributed by atoms with Gasteiger partial charge in [-0.05, 0) is 12.8 Å². The summed E-state index contributed by atoms with van der Waals surface area (Å²) in [4.78, 5) is 22.7. The monoisotopic (exact) mass is 306 g/mol. The minimum atomic E-state index is 0.194. The molecule has 0 aliphatic carbocycles. The summed E-state index contributed by atoms with van der Waals surface area (Å²) in [6, 6.07) is 0.574. The first kappa shape index (κ1) is 15.5. The second kappa shape index (κ2) is 6.38. The number of piperazine rings is 1. The summed E-state index contributed by atoms with van der Waals surface area (Å²) in [5, 5.41) is 0.